The fourth-order valence-electron chi connectivity index (χ4n) is 2.41. The van der Waals surface area contributed by atoms with E-state index >= 15 is 0 Å². The summed E-state index contributed by atoms with van der Waals surface area (Å²) in [5.74, 6) is 0.928. The van der Waals surface area contributed by atoms with Crippen molar-refractivity contribution in [3.63, 3.8) is 0 Å². The first-order valence-electron chi connectivity index (χ1n) is 5.84. The standard InChI is InChI=1S/C14H19NO/c1-3-10-15-11-4-5-14(15)12-6-8-13(16-2)9-7-12/h3,6-9,14H,1,4-5,10-11H2,2H3. The van der Waals surface area contributed by atoms with Gasteiger partial charge in [0, 0.05) is 12.6 Å². The molecule has 1 aromatic carbocycles. The molecule has 1 unspecified atom stereocenters. The third-order valence-corrected chi connectivity index (χ3v) is 3.23. The first-order valence-corrected chi connectivity index (χ1v) is 5.84. The Labute approximate surface area is 97.5 Å². The molecule has 0 aliphatic carbocycles. The summed E-state index contributed by atoms with van der Waals surface area (Å²) in [6.07, 6.45) is 4.52. The molecule has 1 heterocycles. The van der Waals surface area contributed by atoms with Crippen molar-refractivity contribution in [2.24, 2.45) is 0 Å². The van der Waals surface area contributed by atoms with Crippen molar-refractivity contribution in [2.45, 2.75) is 18.9 Å². The first-order chi connectivity index (χ1) is 7.85. The van der Waals surface area contributed by atoms with E-state index in [1.165, 1.54) is 24.9 Å². The van der Waals surface area contributed by atoms with E-state index < -0.39 is 0 Å². The van der Waals surface area contributed by atoms with Gasteiger partial charge in [-0.1, -0.05) is 18.2 Å². The lowest BCUT2D eigenvalue weighted by molar-refractivity contribution is 0.285. The molecule has 0 spiro atoms. The summed E-state index contributed by atoms with van der Waals surface area (Å²) in [5.41, 5.74) is 1.39. The highest BCUT2D eigenvalue weighted by atomic mass is 16.5. The molecule has 0 aromatic heterocycles. The van der Waals surface area contributed by atoms with E-state index in [0.717, 1.165) is 12.3 Å². The van der Waals surface area contributed by atoms with Gasteiger partial charge in [0.1, 0.15) is 5.75 Å². The van der Waals surface area contributed by atoms with Crippen molar-refractivity contribution in [1.82, 2.24) is 4.90 Å². The van der Waals surface area contributed by atoms with Gasteiger partial charge in [-0.3, -0.25) is 4.90 Å². The van der Waals surface area contributed by atoms with E-state index in [9.17, 15) is 0 Å². The second kappa shape index (κ2) is 5.17. The van der Waals surface area contributed by atoms with Gasteiger partial charge in [0.25, 0.3) is 0 Å². The van der Waals surface area contributed by atoms with Crippen LogP contribution in [0.1, 0.15) is 24.4 Å². The van der Waals surface area contributed by atoms with Gasteiger partial charge in [-0.25, -0.2) is 0 Å². The molecule has 0 saturated carbocycles. The third kappa shape index (κ3) is 2.27. The monoisotopic (exact) mass is 217 g/mol. The maximum absolute atomic E-state index is 5.18. The van der Waals surface area contributed by atoms with Crippen LogP contribution in [0.4, 0.5) is 0 Å². The van der Waals surface area contributed by atoms with Crippen LogP contribution in [0.2, 0.25) is 0 Å². The Hall–Kier alpha value is -1.28. The molecule has 2 rings (SSSR count). The number of ether oxygens (including phenoxy) is 1. The number of methoxy groups -OCH3 is 1. The van der Waals surface area contributed by atoms with Crippen LogP contribution in [0.25, 0.3) is 0 Å². The zero-order chi connectivity index (χ0) is 11.4. The molecular weight excluding hydrogens is 198 g/mol. The van der Waals surface area contributed by atoms with Crippen molar-refractivity contribution in [1.29, 1.82) is 0 Å². The minimum Gasteiger partial charge on any atom is -0.497 e. The molecule has 1 aliphatic rings. The summed E-state index contributed by atoms with van der Waals surface area (Å²) in [6.45, 7) is 5.98. The smallest absolute Gasteiger partial charge is 0.118 e. The van der Waals surface area contributed by atoms with E-state index in [-0.39, 0.29) is 0 Å². The van der Waals surface area contributed by atoms with Gasteiger partial charge >= 0.3 is 0 Å². The summed E-state index contributed by atoms with van der Waals surface area (Å²) < 4.78 is 5.18. The molecular formula is C14H19NO. The number of nitrogens with zero attached hydrogens (tertiary/aromatic N) is 1. The Bertz CT molecular complexity index is 344. The van der Waals surface area contributed by atoms with Crippen LogP contribution in [0.15, 0.2) is 36.9 Å². The number of rotatable bonds is 4. The lowest BCUT2D eigenvalue weighted by atomic mass is 10.0. The van der Waals surface area contributed by atoms with Crippen molar-refractivity contribution < 1.29 is 4.74 Å². The van der Waals surface area contributed by atoms with Gasteiger partial charge in [-0.2, -0.15) is 0 Å². The topological polar surface area (TPSA) is 12.5 Å². The number of likely N-dealkylation sites (tertiary alicyclic amines) is 1. The summed E-state index contributed by atoms with van der Waals surface area (Å²) in [4.78, 5) is 2.48. The van der Waals surface area contributed by atoms with Crippen LogP contribution in [0, 0.1) is 0 Å². The Morgan fingerprint density at radius 2 is 2.19 bits per heavy atom. The lowest BCUT2D eigenvalue weighted by Crippen LogP contribution is -2.23. The molecule has 0 N–H and O–H groups in total. The van der Waals surface area contributed by atoms with E-state index in [4.69, 9.17) is 4.74 Å². The minimum absolute atomic E-state index is 0.559. The summed E-state index contributed by atoms with van der Waals surface area (Å²) in [5, 5.41) is 0. The zero-order valence-electron chi connectivity index (χ0n) is 9.86. The predicted octanol–water partition coefficient (Wildman–Crippen LogP) is 3.02. The summed E-state index contributed by atoms with van der Waals surface area (Å²) in [7, 11) is 1.70. The summed E-state index contributed by atoms with van der Waals surface area (Å²) >= 11 is 0. The molecule has 0 amide bonds. The maximum atomic E-state index is 5.18. The average Bonchev–Trinajstić information content (AvgIpc) is 2.78. The van der Waals surface area contributed by atoms with Crippen LogP contribution >= 0.6 is 0 Å². The molecule has 1 aromatic rings. The predicted molar refractivity (Wildman–Crippen MR) is 66.7 cm³/mol. The molecule has 1 fully saturated rings. The molecule has 1 saturated heterocycles. The van der Waals surface area contributed by atoms with Crippen molar-refractivity contribution in [3.8, 4) is 5.75 Å². The zero-order valence-corrected chi connectivity index (χ0v) is 9.86. The van der Waals surface area contributed by atoms with Crippen molar-refractivity contribution >= 4 is 0 Å². The Kier molecular flexibility index (Phi) is 3.62. The second-order valence-electron chi connectivity index (χ2n) is 4.21. The first kappa shape index (κ1) is 11.2. The highest BCUT2D eigenvalue weighted by Gasteiger charge is 2.24. The molecule has 1 atom stereocenters. The van der Waals surface area contributed by atoms with E-state index in [2.05, 4.69) is 23.6 Å². The molecule has 2 nitrogen and oxygen atoms in total. The summed E-state index contributed by atoms with van der Waals surface area (Å²) in [6, 6.07) is 8.99. The average molecular weight is 217 g/mol. The van der Waals surface area contributed by atoms with Crippen molar-refractivity contribution in [2.75, 3.05) is 20.2 Å². The van der Waals surface area contributed by atoms with E-state index in [1.54, 1.807) is 7.11 Å². The van der Waals surface area contributed by atoms with Gasteiger partial charge in [-0.05, 0) is 37.1 Å². The molecule has 1 aliphatic heterocycles. The van der Waals surface area contributed by atoms with Gasteiger partial charge < -0.3 is 4.74 Å². The highest BCUT2D eigenvalue weighted by molar-refractivity contribution is 5.29. The fraction of sp³-hybridized carbons (Fsp3) is 0.429. The number of hydrogen-bond acceptors (Lipinski definition) is 2. The van der Waals surface area contributed by atoms with Crippen LogP contribution < -0.4 is 4.74 Å². The number of benzene rings is 1. The molecule has 0 bridgehead atoms. The highest BCUT2D eigenvalue weighted by Crippen LogP contribution is 2.32. The van der Waals surface area contributed by atoms with Crippen LogP contribution in [-0.2, 0) is 0 Å². The van der Waals surface area contributed by atoms with Gasteiger partial charge in [0.05, 0.1) is 7.11 Å². The largest absolute Gasteiger partial charge is 0.497 e. The van der Waals surface area contributed by atoms with Gasteiger partial charge in [0.2, 0.25) is 0 Å². The van der Waals surface area contributed by atoms with E-state index in [1.807, 2.05) is 18.2 Å². The molecule has 0 radical (unpaired) electrons. The lowest BCUT2D eigenvalue weighted by Gasteiger charge is -2.23. The maximum Gasteiger partial charge on any atom is 0.118 e. The Morgan fingerprint density at radius 3 is 2.81 bits per heavy atom. The van der Waals surface area contributed by atoms with Crippen molar-refractivity contribution in [3.05, 3.63) is 42.5 Å². The third-order valence-electron chi connectivity index (χ3n) is 3.23. The Morgan fingerprint density at radius 1 is 1.44 bits per heavy atom. The second-order valence-corrected chi connectivity index (χ2v) is 4.21. The quantitative estimate of drug-likeness (QED) is 0.719. The van der Waals surface area contributed by atoms with Crippen LogP contribution in [0.5, 0.6) is 5.75 Å². The minimum atomic E-state index is 0.559. The molecule has 16 heavy (non-hydrogen) atoms. The van der Waals surface area contributed by atoms with E-state index in [0.29, 0.717) is 6.04 Å². The number of hydrogen-bond donors (Lipinski definition) is 0. The molecule has 86 valence electrons. The normalized spacial score (nSPS) is 20.9. The Balaban J connectivity index is 2.12. The van der Waals surface area contributed by atoms with Crippen LogP contribution in [-0.4, -0.2) is 25.1 Å². The van der Waals surface area contributed by atoms with Gasteiger partial charge in [0.15, 0.2) is 0 Å². The van der Waals surface area contributed by atoms with Gasteiger partial charge in [-0.15, -0.1) is 6.58 Å². The fourth-order valence-corrected chi connectivity index (χ4v) is 2.41. The van der Waals surface area contributed by atoms with Crippen LogP contribution in [0.3, 0.4) is 0 Å². The molecule has 2 heteroatoms. The SMILES string of the molecule is C=CCN1CCCC1c1ccc(OC)cc1.